The fourth-order valence-electron chi connectivity index (χ4n) is 2.59. The van der Waals surface area contributed by atoms with Crippen LogP contribution < -0.4 is 5.73 Å². The molecule has 1 aromatic rings. The minimum Gasteiger partial charge on any atom is -0.396 e. The Bertz CT molecular complexity index is 601. The zero-order valence-electron chi connectivity index (χ0n) is 11.3. The van der Waals surface area contributed by atoms with Crippen LogP contribution >= 0.6 is 11.6 Å². The average Bonchev–Trinajstić information content (AvgIpc) is 2.86. The smallest absolute Gasteiger partial charge is 0.245 e. The molecule has 0 aliphatic heterocycles. The van der Waals surface area contributed by atoms with E-state index in [2.05, 4.69) is 0 Å². The van der Waals surface area contributed by atoms with Gasteiger partial charge in [0.1, 0.15) is 4.90 Å². The molecule has 2 N–H and O–H groups in total. The summed E-state index contributed by atoms with van der Waals surface area (Å²) in [5, 5.41) is 0.108. The van der Waals surface area contributed by atoms with Gasteiger partial charge in [-0.1, -0.05) is 24.4 Å². The van der Waals surface area contributed by atoms with Gasteiger partial charge < -0.3 is 5.73 Å². The summed E-state index contributed by atoms with van der Waals surface area (Å²) >= 11 is 5.77. The van der Waals surface area contributed by atoms with Crippen LogP contribution in [0.5, 0.6) is 0 Å². The molecule has 2 rings (SSSR count). The first-order chi connectivity index (χ1) is 9.32. The molecule has 0 bridgehead atoms. The third-order valence-electron chi connectivity index (χ3n) is 3.71. The standard InChI is InChI=1S/C13H18ClFN2O2S/c1-17(8-9-4-2-3-5-9)20(18,19)12-7-10(14)6-11(16)13(12)15/h6-7,9H,2-5,8,16H2,1H3. The molecule has 1 aliphatic rings. The van der Waals surface area contributed by atoms with Gasteiger partial charge in [0.25, 0.3) is 0 Å². The molecular formula is C13H18ClFN2O2S. The second kappa shape index (κ2) is 5.87. The van der Waals surface area contributed by atoms with Crippen molar-refractivity contribution in [2.75, 3.05) is 19.3 Å². The lowest BCUT2D eigenvalue weighted by molar-refractivity contribution is 0.385. The fraction of sp³-hybridized carbons (Fsp3) is 0.538. The first-order valence-corrected chi connectivity index (χ1v) is 8.35. The minimum atomic E-state index is -3.91. The SMILES string of the molecule is CN(CC1CCCC1)S(=O)(=O)c1cc(Cl)cc(N)c1F. The normalized spacial score (nSPS) is 17.0. The van der Waals surface area contributed by atoms with Gasteiger partial charge >= 0.3 is 0 Å². The Balaban J connectivity index is 2.29. The first kappa shape index (κ1) is 15.5. The average molecular weight is 321 g/mol. The van der Waals surface area contributed by atoms with Crippen molar-refractivity contribution in [3.05, 3.63) is 23.0 Å². The lowest BCUT2D eigenvalue weighted by Gasteiger charge is -2.21. The van der Waals surface area contributed by atoms with Gasteiger partial charge in [0.2, 0.25) is 10.0 Å². The van der Waals surface area contributed by atoms with E-state index in [0.717, 1.165) is 31.7 Å². The van der Waals surface area contributed by atoms with E-state index in [0.29, 0.717) is 12.5 Å². The minimum absolute atomic E-state index is 0.108. The van der Waals surface area contributed by atoms with Crippen LogP contribution in [-0.4, -0.2) is 26.3 Å². The van der Waals surface area contributed by atoms with Crippen molar-refractivity contribution < 1.29 is 12.8 Å². The Hall–Kier alpha value is -0.850. The van der Waals surface area contributed by atoms with E-state index >= 15 is 0 Å². The second-order valence-corrected chi connectivity index (χ2v) is 7.69. The van der Waals surface area contributed by atoms with Crippen LogP contribution in [0.1, 0.15) is 25.7 Å². The molecule has 0 saturated heterocycles. The Morgan fingerprint density at radius 3 is 2.60 bits per heavy atom. The molecule has 0 spiro atoms. The van der Waals surface area contributed by atoms with Gasteiger partial charge in [-0.3, -0.25) is 0 Å². The number of nitrogen functional groups attached to an aromatic ring is 1. The van der Waals surface area contributed by atoms with E-state index in [4.69, 9.17) is 17.3 Å². The molecule has 0 amide bonds. The number of nitrogens with two attached hydrogens (primary N) is 1. The maximum Gasteiger partial charge on any atom is 0.245 e. The van der Waals surface area contributed by atoms with Crippen molar-refractivity contribution >= 4 is 27.3 Å². The number of hydrogen-bond acceptors (Lipinski definition) is 3. The highest BCUT2D eigenvalue weighted by Gasteiger charge is 2.29. The van der Waals surface area contributed by atoms with Crippen LogP contribution in [0.4, 0.5) is 10.1 Å². The highest BCUT2D eigenvalue weighted by atomic mass is 35.5. The van der Waals surface area contributed by atoms with Crippen molar-refractivity contribution in [2.45, 2.75) is 30.6 Å². The Morgan fingerprint density at radius 2 is 2.00 bits per heavy atom. The van der Waals surface area contributed by atoms with E-state index in [1.807, 2.05) is 0 Å². The van der Waals surface area contributed by atoms with Gasteiger partial charge in [0, 0.05) is 18.6 Å². The maximum absolute atomic E-state index is 14.0. The number of benzene rings is 1. The quantitative estimate of drug-likeness (QED) is 0.868. The predicted octanol–water partition coefficient (Wildman–Crippen LogP) is 2.87. The van der Waals surface area contributed by atoms with Crippen LogP contribution in [0.3, 0.4) is 0 Å². The molecule has 0 unspecified atom stereocenters. The van der Waals surface area contributed by atoms with Crippen molar-refractivity contribution in [1.82, 2.24) is 4.31 Å². The maximum atomic E-state index is 14.0. The summed E-state index contributed by atoms with van der Waals surface area (Å²) in [4.78, 5) is -0.456. The molecule has 112 valence electrons. The van der Waals surface area contributed by atoms with Crippen LogP contribution in [0.25, 0.3) is 0 Å². The highest BCUT2D eigenvalue weighted by molar-refractivity contribution is 7.89. The van der Waals surface area contributed by atoms with Gasteiger partial charge in [-0.05, 0) is 30.9 Å². The van der Waals surface area contributed by atoms with E-state index in [1.54, 1.807) is 0 Å². The van der Waals surface area contributed by atoms with Crippen LogP contribution in [0.15, 0.2) is 17.0 Å². The molecule has 20 heavy (non-hydrogen) atoms. The van der Waals surface area contributed by atoms with Gasteiger partial charge in [0.05, 0.1) is 5.69 Å². The van der Waals surface area contributed by atoms with E-state index in [-0.39, 0.29) is 10.7 Å². The number of sulfonamides is 1. The zero-order valence-corrected chi connectivity index (χ0v) is 12.8. The predicted molar refractivity (Wildman–Crippen MR) is 77.6 cm³/mol. The molecule has 1 saturated carbocycles. The van der Waals surface area contributed by atoms with Gasteiger partial charge in [-0.15, -0.1) is 0 Å². The number of anilines is 1. The molecule has 0 radical (unpaired) electrons. The first-order valence-electron chi connectivity index (χ1n) is 6.53. The van der Waals surface area contributed by atoms with Crippen LogP contribution in [0, 0.1) is 11.7 Å². The van der Waals surface area contributed by atoms with Crippen molar-refractivity contribution in [3.8, 4) is 0 Å². The summed E-state index contributed by atoms with van der Waals surface area (Å²) in [6.07, 6.45) is 4.27. The van der Waals surface area contributed by atoms with Crippen molar-refractivity contribution in [1.29, 1.82) is 0 Å². The summed E-state index contributed by atoms with van der Waals surface area (Å²) in [5.74, 6) is -0.595. The monoisotopic (exact) mass is 320 g/mol. The fourth-order valence-corrected chi connectivity index (χ4v) is 4.25. The number of nitrogens with zero attached hydrogens (tertiary/aromatic N) is 1. The molecule has 1 aromatic carbocycles. The van der Waals surface area contributed by atoms with E-state index in [9.17, 15) is 12.8 Å². The van der Waals surface area contributed by atoms with Crippen LogP contribution in [0.2, 0.25) is 5.02 Å². The second-order valence-electron chi connectivity index (χ2n) is 5.24. The Labute approximate surface area is 123 Å². The van der Waals surface area contributed by atoms with Gasteiger partial charge in [-0.2, -0.15) is 0 Å². The largest absolute Gasteiger partial charge is 0.396 e. The molecular weight excluding hydrogens is 303 g/mol. The lowest BCUT2D eigenvalue weighted by Crippen LogP contribution is -2.32. The topological polar surface area (TPSA) is 63.4 Å². The van der Waals surface area contributed by atoms with Gasteiger partial charge in [-0.25, -0.2) is 17.1 Å². The number of rotatable bonds is 4. The van der Waals surface area contributed by atoms with Crippen molar-refractivity contribution in [3.63, 3.8) is 0 Å². The summed E-state index contributed by atoms with van der Waals surface area (Å²) < 4.78 is 40.0. The third-order valence-corrected chi connectivity index (χ3v) is 5.75. The van der Waals surface area contributed by atoms with Crippen molar-refractivity contribution in [2.24, 2.45) is 5.92 Å². The number of halogens is 2. The summed E-state index contributed by atoms with van der Waals surface area (Å²) in [6.45, 7) is 0.397. The molecule has 1 fully saturated rings. The number of hydrogen-bond donors (Lipinski definition) is 1. The summed E-state index contributed by atoms with van der Waals surface area (Å²) in [6, 6.07) is 2.31. The molecule has 0 heterocycles. The molecule has 4 nitrogen and oxygen atoms in total. The van der Waals surface area contributed by atoms with E-state index < -0.39 is 20.7 Å². The zero-order chi connectivity index (χ0) is 14.9. The summed E-state index contributed by atoms with van der Waals surface area (Å²) in [7, 11) is -2.45. The summed E-state index contributed by atoms with van der Waals surface area (Å²) in [5.41, 5.74) is 5.18. The molecule has 0 atom stereocenters. The lowest BCUT2D eigenvalue weighted by atomic mass is 10.1. The van der Waals surface area contributed by atoms with Crippen LogP contribution in [-0.2, 0) is 10.0 Å². The Morgan fingerprint density at radius 1 is 1.40 bits per heavy atom. The van der Waals surface area contributed by atoms with Gasteiger partial charge in [0.15, 0.2) is 5.82 Å². The highest BCUT2D eigenvalue weighted by Crippen LogP contribution is 2.30. The van der Waals surface area contributed by atoms with E-state index in [1.165, 1.54) is 17.4 Å². The third kappa shape index (κ3) is 3.07. The molecule has 1 aliphatic carbocycles. The Kier molecular flexibility index (Phi) is 4.56. The molecule has 7 heteroatoms. The molecule has 0 aromatic heterocycles.